The van der Waals surface area contributed by atoms with Gasteiger partial charge in [0.05, 0.1) is 7.11 Å². The molecule has 0 N–H and O–H groups in total. The first-order valence-electron chi connectivity index (χ1n) is 5.12. The molecule has 3 heteroatoms. The largest absolute Gasteiger partial charge is 0.466 e. The van der Waals surface area contributed by atoms with Crippen LogP contribution in [0.3, 0.4) is 0 Å². The standard InChI is InChI=1S/C14H14O3/c1-4-13(15)12-8-6-5-7-11(12)9-10(2)14(16)17-3/h4-9H,1H2,2-3H3/b10-9+. The number of hydrogen-bond acceptors (Lipinski definition) is 3. The maximum absolute atomic E-state index is 11.6. The van der Waals surface area contributed by atoms with Crippen LogP contribution in [0.5, 0.6) is 0 Å². The highest BCUT2D eigenvalue weighted by Crippen LogP contribution is 2.14. The first kappa shape index (κ1) is 12.9. The minimum Gasteiger partial charge on any atom is -0.466 e. The average molecular weight is 230 g/mol. The number of methoxy groups -OCH3 is 1. The van der Waals surface area contributed by atoms with Gasteiger partial charge in [-0.15, -0.1) is 0 Å². The number of carbonyl (C=O) groups excluding carboxylic acids is 2. The van der Waals surface area contributed by atoms with Gasteiger partial charge < -0.3 is 4.74 Å². The molecule has 0 atom stereocenters. The fraction of sp³-hybridized carbons (Fsp3) is 0.143. The lowest BCUT2D eigenvalue weighted by atomic mass is 10.0. The van der Waals surface area contributed by atoms with Crippen molar-refractivity contribution in [3.63, 3.8) is 0 Å². The summed E-state index contributed by atoms with van der Waals surface area (Å²) in [6, 6.07) is 7.03. The van der Waals surface area contributed by atoms with Gasteiger partial charge in [0.25, 0.3) is 0 Å². The van der Waals surface area contributed by atoms with E-state index in [2.05, 4.69) is 11.3 Å². The zero-order chi connectivity index (χ0) is 12.8. The molecule has 0 fully saturated rings. The zero-order valence-corrected chi connectivity index (χ0v) is 9.90. The van der Waals surface area contributed by atoms with Crippen LogP contribution in [0, 0.1) is 0 Å². The van der Waals surface area contributed by atoms with Crippen LogP contribution in [-0.4, -0.2) is 18.9 Å². The predicted molar refractivity (Wildman–Crippen MR) is 66.6 cm³/mol. The highest BCUT2D eigenvalue weighted by molar-refractivity contribution is 6.07. The van der Waals surface area contributed by atoms with E-state index < -0.39 is 5.97 Å². The minimum absolute atomic E-state index is 0.172. The summed E-state index contributed by atoms with van der Waals surface area (Å²) in [6.45, 7) is 5.09. The van der Waals surface area contributed by atoms with Crippen LogP contribution in [0.15, 0.2) is 42.5 Å². The van der Waals surface area contributed by atoms with Gasteiger partial charge in [0, 0.05) is 11.1 Å². The Morgan fingerprint density at radius 3 is 2.53 bits per heavy atom. The van der Waals surface area contributed by atoms with Crippen molar-refractivity contribution in [2.75, 3.05) is 7.11 Å². The van der Waals surface area contributed by atoms with Crippen LogP contribution in [0.4, 0.5) is 0 Å². The SMILES string of the molecule is C=CC(=O)c1ccccc1/C=C(\C)C(=O)OC. The monoisotopic (exact) mass is 230 g/mol. The Hall–Kier alpha value is -2.16. The number of carbonyl (C=O) groups is 2. The van der Waals surface area contributed by atoms with Crippen LogP contribution in [0.25, 0.3) is 6.08 Å². The molecule has 1 rings (SSSR count). The molecule has 0 aromatic heterocycles. The Kier molecular flexibility index (Phi) is 4.40. The van der Waals surface area contributed by atoms with Crippen LogP contribution in [0.1, 0.15) is 22.8 Å². The normalized spacial score (nSPS) is 10.8. The Labute approximate surface area is 100 Å². The second-order valence-corrected chi connectivity index (χ2v) is 3.47. The molecular weight excluding hydrogens is 216 g/mol. The van der Waals surface area contributed by atoms with Crippen LogP contribution in [0.2, 0.25) is 0 Å². The van der Waals surface area contributed by atoms with Gasteiger partial charge in [0.1, 0.15) is 0 Å². The molecule has 88 valence electrons. The molecule has 0 aliphatic rings. The molecule has 0 bridgehead atoms. The number of hydrogen-bond donors (Lipinski definition) is 0. The Bertz CT molecular complexity index is 484. The van der Waals surface area contributed by atoms with Crippen LogP contribution in [-0.2, 0) is 9.53 Å². The van der Waals surface area contributed by atoms with Crippen molar-refractivity contribution in [1.82, 2.24) is 0 Å². The summed E-state index contributed by atoms with van der Waals surface area (Å²) < 4.78 is 4.60. The Morgan fingerprint density at radius 1 is 1.29 bits per heavy atom. The van der Waals surface area contributed by atoms with Crippen molar-refractivity contribution in [2.24, 2.45) is 0 Å². The summed E-state index contributed by atoms with van der Waals surface area (Å²) in [4.78, 5) is 22.9. The van der Waals surface area contributed by atoms with E-state index in [1.165, 1.54) is 13.2 Å². The third-order valence-corrected chi connectivity index (χ3v) is 2.29. The molecule has 0 unspecified atom stereocenters. The maximum atomic E-state index is 11.6. The van der Waals surface area contributed by atoms with Crippen molar-refractivity contribution in [2.45, 2.75) is 6.92 Å². The summed E-state index contributed by atoms with van der Waals surface area (Å²) in [7, 11) is 1.32. The molecule has 0 aliphatic carbocycles. The molecule has 1 aromatic carbocycles. The number of ketones is 1. The smallest absolute Gasteiger partial charge is 0.333 e. The number of esters is 1. The van der Waals surface area contributed by atoms with Crippen molar-refractivity contribution < 1.29 is 14.3 Å². The molecule has 17 heavy (non-hydrogen) atoms. The van der Waals surface area contributed by atoms with E-state index in [1.54, 1.807) is 37.3 Å². The van der Waals surface area contributed by atoms with E-state index in [0.29, 0.717) is 16.7 Å². The van der Waals surface area contributed by atoms with Gasteiger partial charge in [-0.3, -0.25) is 4.79 Å². The molecule has 0 radical (unpaired) electrons. The topological polar surface area (TPSA) is 43.4 Å². The minimum atomic E-state index is -0.411. The van der Waals surface area contributed by atoms with Gasteiger partial charge in [-0.25, -0.2) is 4.79 Å². The number of ether oxygens (including phenoxy) is 1. The van der Waals surface area contributed by atoms with Gasteiger partial charge in [0.15, 0.2) is 5.78 Å². The molecule has 0 aliphatic heterocycles. The van der Waals surface area contributed by atoms with E-state index >= 15 is 0 Å². The van der Waals surface area contributed by atoms with E-state index in [0.717, 1.165) is 0 Å². The lowest BCUT2D eigenvalue weighted by molar-refractivity contribution is -0.135. The van der Waals surface area contributed by atoms with Gasteiger partial charge >= 0.3 is 5.97 Å². The molecule has 3 nitrogen and oxygen atoms in total. The lowest BCUT2D eigenvalue weighted by Gasteiger charge is -2.03. The number of benzene rings is 1. The second-order valence-electron chi connectivity index (χ2n) is 3.47. The van der Waals surface area contributed by atoms with Crippen molar-refractivity contribution in [3.05, 3.63) is 53.6 Å². The molecule has 0 saturated carbocycles. The summed E-state index contributed by atoms with van der Waals surface area (Å²) in [5, 5.41) is 0. The van der Waals surface area contributed by atoms with E-state index in [4.69, 9.17) is 0 Å². The third kappa shape index (κ3) is 3.14. The number of rotatable bonds is 4. The molecule has 0 heterocycles. The van der Waals surface area contributed by atoms with Crippen molar-refractivity contribution >= 4 is 17.8 Å². The molecular formula is C14H14O3. The maximum Gasteiger partial charge on any atom is 0.333 e. The van der Waals surface area contributed by atoms with Crippen LogP contribution < -0.4 is 0 Å². The first-order valence-corrected chi connectivity index (χ1v) is 5.12. The van der Waals surface area contributed by atoms with Crippen LogP contribution >= 0.6 is 0 Å². The fourth-order valence-electron chi connectivity index (χ4n) is 1.41. The van der Waals surface area contributed by atoms with Gasteiger partial charge in [-0.1, -0.05) is 30.8 Å². The third-order valence-electron chi connectivity index (χ3n) is 2.29. The fourth-order valence-corrected chi connectivity index (χ4v) is 1.41. The highest BCUT2D eigenvalue weighted by Gasteiger charge is 2.08. The molecule has 0 spiro atoms. The van der Waals surface area contributed by atoms with Crippen molar-refractivity contribution in [1.29, 1.82) is 0 Å². The number of allylic oxidation sites excluding steroid dienone is 1. The molecule has 1 aromatic rings. The van der Waals surface area contributed by atoms with Crippen molar-refractivity contribution in [3.8, 4) is 0 Å². The summed E-state index contributed by atoms with van der Waals surface area (Å²) in [5.41, 5.74) is 1.64. The van der Waals surface area contributed by atoms with E-state index in [9.17, 15) is 9.59 Å². The summed E-state index contributed by atoms with van der Waals surface area (Å²) in [6.07, 6.45) is 2.88. The Balaban J connectivity index is 3.19. The highest BCUT2D eigenvalue weighted by atomic mass is 16.5. The second kappa shape index (κ2) is 5.80. The van der Waals surface area contributed by atoms with E-state index in [-0.39, 0.29) is 5.78 Å². The van der Waals surface area contributed by atoms with Gasteiger partial charge in [-0.05, 0) is 24.6 Å². The first-order chi connectivity index (χ1) is 8.10. The average Bonchev–Trinajstić information content (AvgIpc) is 2.37. The summed E-state index contributed by atoms with van der Waals surface area (Å²) in [5.74, 6) is -0.583. The summed E-state index contributed by atoms with van der Waals surface area (Å²) >= 11 is 0. The van der Waals surface area contributed by atoms with Gasteiger partial charge in [-0.2, -0.15) is 0 Å². The predicted octanol–water partition coefficient (Wildman–Crippen LogP) is 2.63. The quantitative estimate of drug-likeness (QED) is 0.453. The lowest BCUT2D eigenvalue weighted by Crippen LogP contribution is -2.02. The molecule has 0 saturated heterocycles. The van der Waals surface area contributed by atoms with Gasteiger partial charge in [0.2, 0.25) is 0 Å². The molecule has 0 amide bonds. The Morgan fingerprint density at radius 2 is 1.94 bits per heavy atom. The zero-order valence-electron chi connectivity index (χ0n) is 9.90. The van der Waals surface area contributed by atoms with E-state index in [1.807, 2.05) is 0 Å².